The van der Waals surface area contributed by atoms with Crippen LogP contribution in [0.25, 0.3) is 0 Å². The maximum absolute atomic E-state index is 13.1. The summed E-state index contributed by atoms with van der Waals surface area (Å²) in [6.45, 7) is 4.32. The number of hydrogen-bond acceptors (Lipinski definition) is 10. The number of esters is 1. The molecule has 7 atom stereocenters. The molecule has 0 aromatic rings. The van der Waals surface area contributed by atoms with E-state index in [-0.39, 0.29) is 18.5 Å². The van der Waals surface area contributed by atoms with Crippen LogP contribution in [-0.4, -0.2) is 100 Å². The molecular formula is C73H133NO10. The smallest absolute Gasteiger partial charge is 0.305 e. The van der Waals surface area contributed by atoms with Gasteiger partial charge in [-0.05, 0) is 89.9 Å². The van der Waals surface area contributed by atoms with Crippen LogP contribution in [0.1, 0.15) is 328 Å². The van der Waals surface area contributed by atoms with E-state index in [9.17, 15) is 35.1 Å². The molecule has 84 heavy (non-hydrogen) atoms. The summed E-state index contributed by atoms with van der Waals surface area (Å²) < 4.78 is 16.7. The van der Waals surface area contributed by atoms with Gasteiger partial charge in [0.1, 0.15) is 24.4 Å². The second-order valence-electron chi connectivity index (χ2n) is 24.6. The van der Waals surface area contributed by atoms with Crippen LogP contribution in [0.5, 0.6) is 0 Å². The van der Waals surface area contributed by atoms with E-state index >= 15 is 0 Å². The van der Waals surface area contributed by atoms with Gasteiger partial charge in [-0.2, -0.15) is 0 Å². The summed E-state index contributed by atoms with van der Waals surface area (Å²) in [5.41, 5.74) is 0. The van der Waals surface area contributed by atoms with Gasteiger partial charge in [-0.15, -0.1) is 0 Å². The van der Waals surface area contributed by atoms with Crippen LogP contribution >= 0.6 is 0 Å². The Hall–Kier alpha value is -2.64. The molecule has 1 aliphatic rings. The number of nitrogens with one attached hydrogen (secondary N) is 1. The topological polar surface area (TPSA) is 175 Å². The average molecular weight is 1180 g/mol. The summed E-state index contributed by atoms with van der Waals surface area (Å²) in [5, 5.41) is 54.5. The average Bonchev–Trinajstić information content (AvgIpc) is 3.68. The van der Waals surface area contributed by atoms with Crippen LogP contribution in [0, 0.1) is 0 Å². The number of amides is 1. The van der Waals surface area contributed by atoms with Gasteiger partial charge in [0.25, 0.3) is 0 Å². The normalized spacial score (nSPS) is 18.4. The van der Waals surface area contributed by atoms with E-state index in [0.29, 0.717) is 19.4 Å². The van der Waals surface area contributed by atoms with E-state index in [1.165, 1.54) is 225 Å². The van der Waals surface area contributed by atoms with E-state index in [1.807, 2.05) is 6.08 Å². The van der Waals surface area contributed by atoms with Crippen molar-refractivity contribution in [2.24, 2.45) is 0 Å². The zero-order valence-corrected chi connectivity index (χ0v) is 54.4. The van der Waals surface area contributed by atoms with Crippen LogP contribution in [0.15, 0.2) is 60.8 Å². The van der Waals surface area contributed by atoms with E-state index in [1.54, 1.807) is 6.08 Å². The first-order valence-electron chi connectivity index (χ1n) is 35.6. The standard InChI is InChI=1S/C73H133NO10/c1-3-5-7-9-11-13-15-16-36-40-43-47-51-55-59-66(76)65(64-83-73-72(81)71(80)70(79)67(63-75)84-73)74-68(77)60-56-52-48-44-41-37-34-32-30-28-26-24-22-20-18-17-19-21-23-25-27-29-31-33-35-38-42-46-50-54-58-62-82-69(78)61-57-53-49-45-39-14-12-10-8-6-4-2/h13,15,19,21,25,27,40,43,55,59,65-67,70-73,75-76,79-81H,3-12,14,16-18,20,22-24,26,28-39,41-42,44-54,56-58,60-64H2,1-2H3,(H,74,77)/b15-13+,21-19-,27-25-,43-40+,59-55+. The molecule has 1 amide bonds. The number of rotatable bonds is 62. The van der Waals surface area contributed by atoms with E-state index in [0.717, 1.165) is 77.0 Å². The molecule has 0 aromatic heterocycles. The van der Waals surface area contributed by atoms with Crippen LogP contribution in [0.4, 0.5) is 0 Å². The van der Waals surface area contributed by atoms with Gasteiger partial charge in [-0.25, -0.2) is 0 Å². The predicted octanol–water partition coefficient (Wildman–Crippen LogP) is 18.1. The predicted molar refractivity (Wildman–Crippen MR) is 352 cm³/mol. The highest BCUT2D eigenvalue weighted by atomic mass is 16.7. The van der Waals surface area contributed by atoms with Gasteiger partial charge in [-0.1, -0.05) is 286 Å². The SMILES string of the molecule is CCCCCC/C=C/CC/C=C/CC/C=C/C(O)C(COC1OC(CO)C(O)C(O)C1O)NC(=O)CCCCCCCCCCCCCCCCC/C=C\C/C=C\CCCCCCCCCCCOC(=O)CCCCCCCCCCCCC. The Balaban J connectivity index is 2.00. The van der Waals surface area contributed by atoms with E-state index in [4.69, 9.17) is 14.2 Å². The number of unbranched alkanes of at least 4 members (excludes halogenated alkanes) is 40. The highest BCUT2D eigenvalue weighted by Crippen LogP contribution is 2.23. The lowest BCUT2D eigenvalue weighted by molar-refractivity contribution is -0.302. The van der Waals surface area contributed by atoms with Crippen molar-refractivity contribution in [3.05, 3.63) is 60.8 Å². The van der Waals surface area contributed by atoms with Gasteiger partial charge < -0.3 is 45.1 Å². The van der Waals surface area contributed by atoms with Crippen LogP contribution < -0.4 is 5.32 Å². The Labute approximate surface area is 516 Å². The summed E-state index contributed by atoms with van der Waals surface area (Å²) in [5.74, 6) is -0.191. The van der Waals surface area contributed by atoms with Gasteiger partial charge in [-0.3, -0.25) is 9.59 Å². The molecule has 1 rings (SSSR count). The molecule has 0 spiro atoms. The molecule has 1 saturated heterocycles. The summed E-state index contributed by atoms with van der Waals surface area (Å²) in [6, 6.07) is -0.835. The number of allylic oxidation sites excluding steroid dienone is 9. The van der Waals surface area contributed by atoms with Crippen LogP contribution in [0.3, 0.4) is 0 Å². The minimum atomic E-state index is -1.58. The molecule has 0 radical (unpaired) electrons. The Morgan fingerprint density at radius 1 is 0.440 bits per heavy atom. The van der Waals surface area contributed by atoms with Crippen molar-refractivity contribution >= 4 is 11.9 Å². The van der Waals surface area contributed by atoms with Gasteiger partial charge >= 0.3 is 5.97 Å². The summed E-state index contributed by atoms with van der Waals surface area (Å²) >= 11 is 0. The van der Waals surface area contributed by atoms with Crippen molar-refractivity contribution in [1.82, 2.24) is 5.32 Å². The number of ether oxygens (including phenoxy) is 3. The number of carbonyl (C=O) groups is 2. The van der Waals surface area contributed by atoms with Crippen molar-refractivity contribution < 1.29 is 49.3 Å². The van der Waals surface area contributed by atoms with Crippen molar-refractivity contribution in [2.45, 2.75) is 371 Å². The van der Waals surface area contributed by atoms with Crippen LogP contribution in [-0.2, 0) is 23.8 Å². The third kappa shape index (κ3) is 50.4. The molecule has 0 saturated carbocycles. The third-order valence-corrected chi connectivity index (χ3v) is 16.6. The highest BCUT2D eigenvalue weighted by Gasteiger charge is 2.44. The quantitative estimate of drug-likeness (QED) is 0.0195. The van der Waals surface area contributed by atoms with Gasteiger partial charge in [0, 0.05) is 12.8 Å². The zero-order chi connectivity index (χ0) is 60.9. The third-order valence-electron chi connectivity index (χ3n) is 16.6. The molecule has 7 unspecified atom stereocenters. The number of carbonyl (C=O) groups excluding carboxylic acids is 2. The first-order valence-corrected chi connectivity index (χ1v) is 35.6. The van der Waals surface area contributed by atoms with Gasteiger partial charge in [0.2, 0.25) is 5.91 Å². The summed E-state index contributed by atoms with van der Waals surface area (Å²) in [4.78, 5) is 25.1. The molecule has 1 heterocycles. The van der Waals surface area contributed by atoms with Gasteiger partial charge in [0.15, 0.2) is 6.29 Å². The van der Waals surface area contributed by atoms with Crippen molar-refractivity contribution in [1.29, 1.82) is 0 Å². The molecule has 1 aliphatic heterocycles. The lowest BCUT2D eigenvalue weighted by Crippen LogP contribution is -2.60. The molecule has 0 aromatic carbocycles. The molecule has 1 fully saturated rings. The maximum atomic E-state index is 13.1. The Kier molecular flexibility index (Phi) is 58.6. The first-order chi connectivity index (χ1) is 41.2. The lowest BCUT2D eigenvalue weighted by Gasteiger charge is -2.40. The van der Waals surface area contributed by atoms with Crippen LogP contribution in [0.2, 0.25) is 0 Å². The molecular weight excluding hydrogens is 1050 g/mol. The number of aliphatic hydroxyl groups excluding tert-OH is 5. The molecule has 11 heteroatoms. The molecule has 6 N–H and O–H groups in total. The van der Waals surface area contributed by atoms with Crippen molar-refractivity contribution in [3.8, 4) is 0 Å². The largest absolute Gasteiger partial charge is 0.466 e. The fraction of sp³-hybridized carbons (Fsp3) is 0.836. The second-order valence-corrected chi connectivity index (χ2v) is 24.6. The Bertz CT molecular complexity index is 1580. The Morgan fingerprint density at radius 2 is 0.810 bits per heavy atom. The molecule has 0 bridgehead atoms. The highest BCUT2D eigenvalue weighted by molar-refractivity contribution is 5.76. The summed E-state index contributed by atoms with van der Waals surface area (Å²) in [7, 11) is 0. The Morgan fingerprint density at radius 3 is 1.26 bits per heavy atom. The molecule has 11 nitrogen and oxygen atoms in total. The van der Waals surface area contributed by atoms with Gasteiger partial charge in [0.05, 0.1) is 32.0 Å². The van der Waals surface area contributed by atoms with Crippen molar-refractivity contribution in [3.63, 3.8) is 0 Å². The molecule has 0 aliphatic carbocycles. The fourth-order valence-electron chi connectivity index (χ4n) is 11.0. The van der Waals surface area contributed by atoms with Crippen molar-refractivity contribution in [2.75, 3.05) is 19.8 Å². The number of aliphatic hydroxyl groups is 5. The fourth-order valence-corrected chi connectivity index (χ4v) is 11.0. The number of hydrogen-bond donors (Lipinski definition) is 6. The van der Waals surface area contributed by atoms with E-state index in [2.05, 4.69) is 67.8 Å². The molecule has 490 valence electrons. The lowest BCUT2D eigenvalue weighted by atomic mass is 9.99. The minimum Gasteiger partial charge on any atom is -0.466 e. The summed E-state index contributed by atoms with van der Waals surface area (Å²) in [6.07, 6.45) is 72.1. The monoisotopic (exact) mass is 1180 g/mol. The zero-order valence-electron chi connectivity index (χ0n) is 54.4. The first kappa shape index (κ1) is 79.4. The maximum Gasteiger partial charge on any atom is 0.305 e. The second kappa shape index (κ2) is 62.0. The minimum absolute atomic E-state index is 0.00435. The van der Waals surface area contributed by atoms with E-state index < -0.39 is 49.5 Å².